The lowest BCUT2D eigenvalue weighted by Crippen LogP contribution is -2.14. The monoisotopic (exact) mass is 429 g/mol. The molecule has 0 fully saturated rings. The summed E-state index contributed by atoms with van der Waals surface area (Å²) in [5.41, 5.74) is 3.84. The summed E-state index contributed by atoms with van der Waals surface area (Å²) in [4.78, 5) is 21.3. The lowest BCUT2D eigenvalue weighted by Gasteiger charge is -2.12. The Morgan fingerprint density at radius 2 is 2.00 bits per heavy atom. The molecule has 9 nitrogen and oxygen atoms in total. The van der Waals surface area contributed by atoms with Crippen molar-refractivity contribution in [2.45, 2.75) is 33.1 Å². The summed E-state index contributed by atoms with van der Waals surface area (Å²) in [5.74, 6) is 0.677. The summed E-state index contributed by atoms with van der Waals surface area (Å²) in [6.07, 6.45) is 8.42. The van der Waals surface area contributed by atoms with Gasteiger partial charge in [0, 0.05) is 35.6 Å². The highest BCUT2D eigenvalue weighted by atomic mass is 16.5. The molecule has 0 atom stereocenters. The van der Waals surface area contributed by atoms with E-state index in [2.05, 4.69) is 37.3 Å². The molecule has 1 N–H and O–H groups in total. The summed E-state index contributed by atoms with van der Waals surface area (Å²) >= 11 is 0. The molecule has 1 amide bonds. The standard InChI is InChI=1S/C23H23N7O2/c1-6-15-7-16(11-24-10-15)18-13-30(29-27-18)19-8-17(12-25-14(19)2)22(31)26-21-9-20(32-28-21)23(3,4)5/h6-13H,1H2,2-5H3,(H,26,28,31). The van der Waals surface area contributed by atoms with Crippen LogP contribution < -0.4 is 5.32 Å². The van der Waals surface area contributed by atoms with Crippen molar-refractivity contribution in [3.8, 4) is 16.9 Å². The van der Waals surface area contributed by atoms with Crippen molar-refractivity contribution in [2.24, 2.45) is 0 Å². The number of nitrogens with one attached hydrogen (secondary N) is 1. The Balaban J connectivity index is 1.59. The smallest absolute Gasteiger partial charge is 0.258 e. The van der Waals surface area contributed by atoms with Gasteiger partial charge in [0.1, 0.15) is 11.5 Å². The Bertz CT molecular complexity index is 1300. The van der Waals surface area contributed by atoms with Crippen molar-refractivity contribution in [3.63, 3.8) is 0 Å². The van der Waals surface area contributed by atoms with Crippen LogP contribution in [0.25, 0.3) is 23.0 Å². The van der Waals surface area contributed by atoms with Gasteiger partial charge >= 0.3 is 0 Å². The van der Waals surface area contributed by atoms with Gasteiger partial charge in [-0.2, -0.15) is 0 Å². The third-order valence-corrected chi connectivity index (χ3v) is 4.84. The Kier molecular flexibility index (Phi) is 5.40. The maximum Gasteiger partial charge on any atom is 0.258 e. The van der Waals surface area contributed by atoms with Crippen LogP contribution in [-0.2, 0) is 5.41 Å². The van der Waals surface area contributed by atoms with Crippen molar-refractivity contribution >= 4 is 17.8 Å². The minimum absolute atomic E-state index is 0.208. The number of nitrogens with zero attached hydrogens (tertiary/aromatic N) is 6. The van der Waals surface area contributed by atoms with E-state index in [1.807, 2.05) is 33.8 Å². The molecule has 0 spiro atoms. The molecule has 4 aromatic heterocycles. The summed E-state index contributed by atoms with van der Waals surface area (Å²) in [7, 11) is 0. The van der Waals surface area contributed by atoms with E-state index in [9.17, 15) is 4.79 Å². The van der Waals surface area contributed by atoms with E-state index >= 15 is 0 Å². The SMILES string of the molecule is C=Cc1cncc(-c2cn(-c3cc(C(=O)Nc4cc(C(C)(C)C)on4)cnc3C)nn2)c1. The molecule has 0 aliphatic rings. The highest BCUT2D eigenvalue weighted by molar-refractivity contribution is 6.03. The molecule has 162 valence electrons. The van der Waals surface area contributed by atoms with Crippen LogP contribution in [0.1, 0.15) is 48.1 Å². The third kappa shape index (κ3) is 4.31. The van der Waals surface area contributed by atoms with E-state index in [1.165, 1.54) is 6.20 Å². The topological polar surface area (TPSA) is 112 Å². The zero-order valence-corrected chi connectivity index (χ0v) is 18.3. The second-order valence-corrected chi connectivity index (χ2v) is 8.37. The van der Waals surface area contributed by atoms with Gasteiger partial charge in [0.15, 0.2) is 5.82 Å². The average molecular weight is 429 g/mol. The lowest BCUT2D eigenvalue weighted by atomic mass is 9.93. The quantitative estimate of drug-likeness (QED) is 0.506. The van der Waals surface area contributed by atoms with E-state index in [1.54, 1.807) is 41.5 Å². The molecule has 32 heavy (non-hydrogen) atoms. The van der Waals surface area contributed by atoms with Crippen LogP contribution in [0, 0.1) is 6.92 Å². The molecule has 0 aromatic carbocycles. The zero-order valence-electron chi connectivity index (χ0n) is 18.3. The van der Waals surface area contributed by atoms with Crippen LogP contribution in [-0.4, -0.2) is 36.0 Å². The van der Waals surface area contributed by atoms with E-state index in [4.69, 9.17) is 4.52 Å². The Hall–Kier alpha value is -4.14. The second-order valence-electron chi connectivity index (χ2n) is 8.37. The Morgan fingerprint density at radius 3 is 2.72 bits per heavy atom. The number of aryl methyl sites for hydroxylation is 1. The Labute approximate surface area is 185 Å². The fraction of sp³-hybridized carbons (Fsp3) is 0.217. The third-order valence-electron chi connectivity index (χ3n) is 4.84. The number of amides is 1. The van der Waals surface area contributed by atoms with Crippen LogP contribution in [0.5, 0.6) is 0 Å². The van der Waals surface area contributed by atoms with Gasteiger partial charge in [-0.05, 0) is 24.6 Å². The summed E-state index contributed by atoms with van der Waals surface area (Å²) in [6.45, 7) is 11.6. The lowest BCUT2D eigenvalue weighted by molar-refractivity contribution is 0.102. The van der Waals surface area contributed by atoms with E-state index in [0.717, 1.165) is 11.1 Å². The molecule has 9 heteroatoms. The molecule has 4 heterocycles. The molecule has 0 radical (unpaired) electrons. The fourth-order valence-corrected chi connectivity index (χ4v) is 2.98. The van der Waals surface area contributed by atoms with E-state index in [-0.39, 0.29) is 11.3 Å². The number of hydrogen-bond donors (Lipinski definition) is 1. The second kappa shape index (κ2) is 8.18. The van der Waals surface area contributed by atoms with Crippen LogP contribution in [0.15, 0.2) is 54.1 Å². The van der Waals surface area contributed by atoms with Crippen molar-refractivity contribution in [2.75, 3.05) is 5.32 Å². The number of pyridine rings is 2. The van der Waals surface area contributed by atoms with Gasteiger partial charge in [0.25, 0.3) is 5.91 Å². The molecule has 4 rings (SSSR count). The van der Waals surface area contributed by atoms with Crippen LogP contribution in [0.2, 0.25) is 0 Å². The first-order valence-corrected chi connectivity index (χ1v) is 10.0. The number of anilines is 1. The van der Waals surface area contributed by atoms with Gasteiger partial charge in [-0.15, -0.1) is 5.10 Å². The molecule has 4 aromatic rings. The predicted octanol–water partition coefficient (Wildman–Crippen LogP) is 4.21. The number of rotatable bonds is 5. The molecule has 0 bridgehead atoms. The van der Waals surface area contributed by atoms with Crippen molar-refractivity contribution in [1.29, 1.82) is 0 Å². The minimum atomic E-state index is -0.351. The summed E-state index contributed by atoms with van der Waals surface area (Å²) < 4.78 is 6.91. The minimum Gasteiger partial charge on any atom is -0.359 e. The van der Waals surface area contributed by atoms with Crippen molar-refractivity contribution in [3.05, 3.63) is 72.1 Å². The van der Waals surface area contributed by atoms with Crippen molar-refractivity contribution in [1.82, 2.24) is 30.1 Å². The molecule has 0 saturated carbocycles. The van der Waals surface area contributed by atoms with Gasteiger partial charge in [-0.25, -0.2) is 4.68 Å². The van der Waals surface area contributed by atoms with Gasteiger partial charge < -0.3 is 9.84 Å². The summed E-state index contributed by atoms with van der Waals surface area (Å²) in [6, 6.07) is 5.35. The Morgan fingerprint density at radius 1 is 1.19 bits per heavy atom. The van der Waals surface area contributed by atoms with Gasteiger partial charge in [0.05, 0.1) is 23.1 Å². The van der Waals surface area contributed by atoms with Crippen LogP contribution in [0.4, 0.5) is 5.82 Å². The highest BCUT2D eigenvalue weighted by Crippen LogP contribution is 2.25. The molecule has 0 unspecified atom stereocenters. The van der Waals surface area contributed by atoms with Crippen molar-refractivity contribution < 1.29 is 9.32 Å². The molecule has 0 aliphatic heterocycles. The largest absolute Gasteiger partial charge is 0.359 e. The highest BCUT2D eigenvalue weighted by Gasteiger charge is 2.21. The maximum absolute atomic E-state index is 12.8. The van der Waals surface area contributed by atoms with Crippen LogP contribution >= 0.6 is 0 Å². The number of carbonyl (C=O) groups excluding carboxylic acids is 1. The molecular weight excluding hydrogens is 406 g/mol. The first kappa shape index (κ1) is 21.1. The average Bonchev–Trinajstić information content (AvgIpc) is 3.44. The maximum atomic E-state index is 12.8. The predicted molar refractivity (Wildman–Crippen MR) is 120 cm³/mol. The normalized spacial score (nSPS) is 11.4. The zero-order chi connectivity index (χ0) is 22.9. The summed E-state index contributed by atoms with van der Waals surface area (Å²) in [5, 5.41) is 15.1. The number of aromatic nitrogens is 6. The molecule has 0 saturated heterocycles. The number of carbonyl (C=O) groups is 1. The number of hydrogen-bond acceptors (Lipinski definition) is 7. The van der Waals surface area contributed by atoms with Gasteiger partial charge in [-0.3, -0.25) is 14.8 Å². The molecular formula is C23H23N7O2. The molecule has 0 aliphatic carbocycles. The first-order valence-electron chi connectivity index (χ1n) is 10.0. The fourth-order valence-electron chi connectivity index (χ4n) is 2.98. The first-order chi connectivity index (χ1) is 15.2. The van der Waals surface area contributed by atoms with E-state index in [0.29, 0.717) is 34.2 Å². The van der Waals surface area contributed by atoms with Gasteiger partial charge in [0.2, 0.25) is 0 Å². The van der Waals surface area contributed by atoms with Gasteiger partial charge in [-0.1, -0.05) is 43.8 Å². The van der Waals surface area contributed by atoms with Crippen LogP contribution in [0.3, 0.4) is 0 Å². The van der Waals surface area contributed by atoms with E-state index < -0.39 is 0 Å².